The Kier molecular flexibility index (Phi) is 6.92. The van der Waals surface area contributed by atoms with Gasteiger partial charge in [0.25, 0.3) is 0 Å². The average molecular weight is 338 g/mol. The van der Waals surface area contributed by atoms with Crippen LogP contribution in [0.25, 0.3) is 6.08 Å². The highest BCUT2D eigenvalue weighted by molar-refractivity contribution is 5.79. The number of carbonyl (C=O) groups excluding carboxylic acids is 1. The summed E-state index contributed by atoms with van der Waals surface area (Å²) in [5, 5.41) is 13.8. The summed E-state index contributed by atoms with van der Waals surface area (Å²) in [6, 6.07) is 19.6. The van der Waals surface area contributed by atoms with Crippen LogP contribution in [0, 0.1) is 5.92 Å². The number of aliphatic hydroxyl groups is 1. The largest absolute Gasteiger partial charge is 0.388 e. The Morgan fingerprint density at radius 1 is 1.04 bits per heavy atom. The Morgan fingerprint density at radius 3 is 2.16 bits per heavy atom. The molecular weight excluding hydrogens is 312 g/mol. The molecule has 4 heteroatoms. The van der Waals surface area contributed by atoms with Gasteiger partial charge in [-0.15, -0.1) is 0 Å². The Hall–Kier alpha value is -2.43. The molecule has 1 N–H and O–H groups in total. The number of carbonyl (C=O) groups is 1. The second kappa shape index (κ2) is 9.16. The first-order valence-corrected chi connectivity index (χ1v) is 8.43. The van der Waals surface area contributed by atoms with E-state index in [4.69, 9.17) is 0 Å². The first kappa shape index (κ1) is 18.9. The summed E-state index contributed by atoms with van der Waals surface area (Å²) in [7, 11) is 3.67. The van der Waals surface area contributed by atoms with Gasteiger partial charge in [0.15, 0.2) is 0 Å². The molecule has 0 spiro atoms. The third-order valence-corrected chi connectivity index (χ3v) is 4.10. The van der Waals surface area contributed by atoms with Gasteiger partial charge in [0.2, 0.25) is 5.91 Å². The number of hydrazine groups is 1. The predicted octanol–water partition coefficient (Wildman–Crippen LogP) is 3.20. The van der Waals surface area contributed by atoms with Crippen molar-refractivity contribution in [3.63, 3.8) is 0 Å². The molecule has 2 aromatic rings. The lowest BCUT2D eigenvalue weighted by atomic mass is 10.0. The second-order valence-corrected chi connectivity index (χ2v) is 6.28. The molecule has 0 aliphatic rings. The van der Waals surface area contributed by atoms with E-state index in [1.54, 1.807) is 23.0 Å². The number of rotatable bonds is 7. The van der Waals surface area contributed by atoms with Crippen molar-refractivity contribution in [2.75, 3.05) is 14.1 Å². The Labute approximate surface area is 150 Å². The van der Waals surface area contributed by atoms with Crippen LogP contribution in [0.4, 0.5) is 0 Å². The summed E-state index contributed by atoms with van der Waals surface area (Å²) in [6.07, 6.45) is 2.67. The number of hydrogen-bond acceptors (Lipinski definition) is 3. The van der Waals surface area contributed by atoms with E-state index < -0.39 is 12.0 Å². The molecule has 25 heavy (non-hydrogen) atoms. The zero-order valence-corrected chi connectivity index (χ0v) is 15.0. The highest BCUT2D eigenvalue weighted by atomic mass is 16.3. The molecule has 0 unspecified atom stereocenters. The maximum atomic E-state index is 12.8. The molecule has 0 saturated heterocycles. The highest BCUT2D eigenvalue weighted by Crippen LogP contribution is 2.15. The minimum Gasteiger partial charge on any atom is -0.388 e. The van der Waals surface area contributed by atoms with E-state index in [0.717, 1.165) is 11.1 Å². The van der Waals surface area contributed by atoms with Crippen molar-refractivity contribution in [3.05, 3.63) is 77.9 Å². The van der Waals surface area contributed by atoms with E-state index in [0.29, 0.717) is 6.54 Å². The van der Waals surface area contributed by atoms with Gasteiger partial charge in [-0.05, 0) is 11.1 Å². The molecule has 0 aliphatic carbocycles. The van der Waals surface area contributed by atoms with E-state index in [1.165, 1.54) is 0 Å². The minimum atomic E-state index is -0.842. The lowest BCUT2D eigenvalue weighted by Crippen LogP contribution is -2.46. The quantitative estimate of drug-likeness (QED) is 0.789. The summed E-state index contributed by atoms with van der Waals surface area (Å²) in [5.41, 5.74) is 2.04. The van der Waals surface area contributed by atoms with Crippen LogP contribution < -0.4 is 0 Å². The normalized spacial score (nSPS) is 13.8. The summed E-state index contributed by atoms with van der Waals surface area (Å²) in [5.74, 6) is -0.648. The molecule has 4 nitrogen and oxygen atoms in total. The predicted molar refractivity (Wildman–Crippen MR) is 101 cm³/mol. The van der Waals surface area contributed by atoms with Gasteiger partial charge in [-0.1, -0.05) is 79.7 Å². The van der Waals surface area contributed by atoms with E-state index in [2.05, 4.69) is 0 Å². The number of nitrogens with zero attached hydrogens (tertiary/aromatic N) is 2. The number of aliphatic hydroxyl groups excluding tert-OH is 1. The second-order valence-electron chi connectivity index (χ2n) is 6.28. The van der Waals surface area contributed by atoms with E-state index >= 15 is 0 Å². The first-order valence-electron chi connectivity index (χ1n) is 8.43. The van der Waals surface area contributed by atoms with Gasteiger partial charge in [-0.25, -0.2) is 5.01 Å². The van der Waals surface area contributed by atoms with Gasteiger partial charge < -0.3 is 5.11 Å². The van der Waals surface area contributed by atoms with Crippen molar-refractivity contribution in [2.24, 2.45) is 5.92 Å². The number of benzene rings is 2. The fourth-order valence-corrected chi connectivity index (χ4v) is 2.49. The summed E-state index contributed by atoms with van der Waals surface area (Å²) in [4.78, 5) is 12.8. The van der Waals surface area contributed by atoms with Gasteiger partial charge in [-0.2, -0.15) is 0 Å². The van der Waals surface area contributed by atoms with Crippen molar-refractivity contribution in [3.8, 4) is 0 Å². The molecule has 2 atom stereocenters. The van der Waals surface area contributed by atoms with Crippen LogP contribution >= 0.6 is 0 Å². The van der Waals surface area contributed by atoms with E-state index in [1.807, 2.05) is 80.8 Å². The zero-order valence-electron chi connectivity index (χ0n) is 15.0. The van der Waals surface area contributed by atoms with Crippen LogP contribution in [0.15, 0.2) is 66.7 Å². The molecule has 0 aromatic heterocycles. The molecule has 2 aromatic carbocycles. The zero-order chi connectivity index (χ0) is 18.2. The molecular formula is C21H26N2O2. The molecule has 0 bridgehead atoms. The van der Waals surface area contributed by atoms with Gasteiger partial charge in [0, 0.05) is 14.1 Å². The number of hydrogen-bond donors (Lipinski definition) is 1. The molecule has 0 heterocycles. The highest BCUT2D eigenvalue weighted by Gasteiger charge is 2.26. The average Bonchev–Trinajstić information content (AvgIpc) is 2.64. The van der Waals surface area contributed by atoms with Crippen molar-refractivity contribution < 1.29 is 9.90 Å². The van der Waals surface area contributed by atoms with Crippen LogP contribution in [0.3, 0.4) is 0 Å². The Morgan fingerprint density at radius 2 is 1.60 bits per heavy atom. The fraction of sp³-hybridized carbons (Fsp3) is 0.286. The van der Waals surface area contributed by atoms with E-state index in [9.17, 15) is 9.90 Å². The standard InChI is InChI=1S/C21H26N2O2/c1-17(20(24)15-14-18-10-6-4-7-11-18)21(25)23(22(2)3)16-19-12-8-5-9-13-19/h4-15,17,20,24H,16H2,1-3H3/b15-14+/t17-,20+/m1/s1. The molecule has 1 amide bonds. The van der Waals surface area contributed by atoms with Crippen LogP contribution in [-0.4, -0.2) is 41.2 Å². The molecule has 2 rings (SSSR count). The van der Waals surface area contributed by atoms with Crippen LogP contribution in [0.2, 0.25) is 0 Å². The minimum absolute atomic E-state index is 0.112. The SMILES string of the molecule is C[C@@H](C(=O)N(Cc1ccccc1)N(C)C)[C@@H](O)/C=C/c1ccccc1. The van der Waals surface area contributed by atoms with Crippen molar-refractivity contribution in [2.45, 2.75) is 19.6 Å². The van der Waals surface area contributed by atoms with Gasteiger partial charge in [0.1, 0.15) is 0 Å². The third kappa shape index (κ3) is 5.55. The van der Waals surface area contributed by atoms with Crippen LogP contribution in [0.5, 0.6) is 0 Å². The Balaban J connectivity index is 2.05. The van der Waals surface area contributed by atoms with Crippen LogP contribution in [0.1, 0.15) is 18.1 Å². The molecule has 0 fully saturated rings. The fourth-order valence-electron chi connectivity index (χ4n) is 2.49. The maximum absolute atomic E-state index is 12.8. The van der Waals surface area contributed by atoms with Gasteiger partial charge in [0.05, 0.1) is 18.6 Å². The summed E-state index contributed by atoms with van der Waals surface area (Å²) >= 11 is 0. The lowest BCUT2D eigenvalue weighted by Gasteiger charge is -2.32. The molecule has 0 radical (unpaired) electrons. The Bertz CT molecular complexity index is 684. The summed E-state index contributed by atoms with van der Waals surface area (Å²) < 4.78 is 0. The third-order valence-electron chi connectivity index (χ3n) is 4.10. The molecule has 0 saturated carbocycles. The van der Waals surface area contributed by atoms with Crippen molar-refractivity contribution in [1.29, 1.82) is 0 Å². The lowest BCUT2D eigenvalue weighted by molar-refractivity contribution is -0.152. The molecule has 132 valence electrons. The van der Waals surface area contributed by atoms with Crippen molar-refractivity contribution >= 4 is 12.0 Å². The number of amides is 1. The maximum Gasteiger partial charge on any atom is 0.242 e. The smallest absolute Gasteiger partial charge is 0.242 e. The van der Waals surface area contributed by atoms with Gasteiger partial charge in [-0.3, -0.25) is 9.80 Å². The molecule has 0 aliphatic heterocycles. The van der Waals surface area contributed by atoms with Crippen LogP contribution in [-0.2, 0) is 11.3 Å². The van der Waals surface area contributed by atoms with Crippen molar-refractivity contribution in [1.82, 2.24) is 10.0 Å². The van der Waals surface area contributed by atoms with Gasteiger partial charge >= 0.3 is 0 Å². The monoisotopic (exact) mass is 338 g/mol. The summed E-state index contributed by atoms with van der Waals surface area (Å²) in [6.45, 7) is 2.23. The topological polar surface area (TPSA) is 43.8 Å². The first-order chi connectivity index (χ1) is 12.0. The van der Waals surface area contributed by atoms with E-state index in [-0.39, 0.29) is 5.91 Å².